The largest absolute Gasteiger partial charge is 0.563 e. The highest BCUT2D eigenvalue weighted by molar-refractivity contribution is 6.62. The summed E-state index contributed by atoms with van der Waals surface area (Å²) in [7, 11) is -0.813. The zero-order valence-corrected chi connectivity index (χ0v) is 20.1. The van der Waals surface area contributed by atoms with Gasteiger partial charge in [0, 0.05) is 5.56 Å². The summed E-state index contributed by atoms with van der Waals surface area (Å²) in [5.41, 5.74) is 3.63. The molecule has 0 atom stereocenters. The third kappa shape index (κ3) is 3.88. The van der Waals surface area contributed by atoms with Gasteiger partial charge < -0.3 is 18.6 Å². The second-order valence-electron chi connectivity index (χ2n) is 10.4. The molecule has 5 rings (SSSR count). The van der Waals surface area contributed by atoms with Gasteiger partial charge in [-0.15, -0.1) is 0 Å². The molecule has 0 aliphatic carbocycles. The van der Waals surface area contributed by atoms with E-state index < -0.39 is 12.7 Å². The molecule has 0 amide bonds. The molecule has 3 aromatic rings. The standard InChI is InChI=1S/C26H29B2NO4/c1-17-24(2,3)31-27(30-17)21-13-15-23-19(16-21)10-14-22(29-23)18-8-11-20(12-9-18)28-32-25(4,5)26(6,7)33-28/h8-16H,1H2,2-7H3. The predicted molar refractivity (Wildman–Crippen MR) is 134 cm³/mol. The highest BCUT2D eigenvalue weighted by Gasteiger charge is 2.51. The summed E-state index contributed by atoms with van der Waals surface area (Å²) >= 11 is 0. The van der Waals surface area contributed by atoms with Crippen LogP contribution in [0.15, 0.2) is 66.9 Å². The second-order valence-corrected chi connectivity index (χ2v) is 10.4. The molecule has 168 valence electrons. The van der Waals surface area contributed by atoms with Crippen LogP contribution in [0.4, 0.5) is 0 Å². The Labute approximate surface area is 196 Å². The lowest BCUT2D eigenvalue weighted by Crippen LogP contribution is -2.41. The van der Waals surface area contributed by atoms with E-state index in [4.69, 9.17) is 23.6 Å². The lowest BCUT2D eigenvalue weighted by Gasteiger charge is -2.32. The third-order valence-corrected chi connectivity index (χ3v) is 7.04. The van der Waals surface area contributed by atoms with E-state index in [1.165, 1.54) is 0 Å². The van der Waals surface area contributed by atoms with Crippen molar-refractivity contribution in [1.29, 1.82) is 0 Å². The molecule has 2 saturated heterocycles. The monoisotopic (exact) mass is 441 g/mol. The Balaban J connectivity index is 1.37. The van der Waals surface area contributed by atoms with Gasteiger partial charge in [0.05, 0.1) is 28.2 Å². The van der Waals surface area contributed by atoms with Crippen LogP contribution < -0.4 is 10.9 Å². The lowest BCUT2D eigenvalue weighted by molar-refractivity contribution is 0.00578. The lowest BCUT2D eigenvalue weighted by atomic mass is 9.78. The molecule has 2 aliphatic heterocycles. The number of pyridine rings is 1. The summed E-state index contributed by atoms with van der Waals surface area (Å²) in [4.78, 5) is 4.87. The zero-order chi connectivity index (χ0) is 23.6. The molecular weight excluding hydrogens is 412 g/mol. The molecule has 0 bridgehead atoms. The summed E-state index contributed by atoms with van der Waals surface area (Å²) in [6.45, 7) is 16.1. The van der Waals surface area contributed by atoms with Crippen LogP contribution in [0.1, 0.15) is 41.5 Å². The van der Waals surface area contributed by atoms with Crippen LogP contribution >= 0.6 is 0 Å². The first kappa shape index (κ1) is 22.2. The Morgan fingerprint density at radius 2 is 1.36 bits per heavy atom. The molecule has 0 spiro atoms. The zero-order valence-electron chi connectivity index (χ0n) is 20.1. The Bertz CT molecular complexity index is 1220. The van der Waals surface area contributed by atoms with Crippen molar-refractivity contribution >= 4 is 36.1 Å². The summed E-state index contributed by atoms with van der Waals surface area (Å²) in [6.07, 6.45) is 0. The van der Waals surface area contributed by atoms with E-state index in [1.807, 2.05) is 32.0 Å². The number of hydrogen-bond acceptors (Lipinski definition) is 5. The Morgan fingerprint density at radius 1 is 0.727 bits per heavy atom. The van der Waals surface area contributed by atoms with Crippen molar-refractivity contribution in [2.75, 3.05) is 0 Å². The summed E-state index contributed by atoms with van der Waals surface area (Å²) < 4.78 is 24.2. The van der Waals surface area contributed by atoms with Crippen LogP contribution in [0.25, 0.3) is 22.2 Å². The van der Waals surface area contributed by atoms with Gasteiger partial charge in [-0.25, -0.2) is 4.98 Å². The summed E-state index contributed by atoms with van der Waals surface area (Å²) in [5.74, 6) is 0.644. The van der Waals surface area contributed by atoms with Crippen LogP contribution in [0, 0.1) is 0 Å². The van der Waals surface area contributed by atoms with Crippen LogP contribution in [0.5, 0.6) is 0 Å². The number of benzene rings is 2. The third-order valence-electron chi connectivity index (χ3n) is 7.04. The predicted octanol–water partition coefficient (Wildman–Crippen LogP) is 4.24. The van der Waals surface area contributed by atoms with Crippen molar-refractivity contribution < 1.29 is 18.6 Å². The highest BCUT2D eigenvalue weighted by Crippen LogP contribution is 2.36. The van der Waals surface area contributed by atoms with Crippen molar-refractivity contribution in [3.63, 3.8) is 0 Å². The molecule has 1 aromatic heterocycles. The normalized spacial score (nSPS) is 21.0. The Kier molecular flexibility index (Phi) is 5.02. The van der Waals surface area contributed by atoms with E-state index in [0.717, 1.165) is 33.1 Å². The number of nitrogens with zero attached hydrogens (tertiary/aromatic N) is 1. The first-order valence-electron chi connectivity index (χ1n) is 11.4. The van der Waals surface area contributed by atoms with Crippen LogP contribution in [0.2, 0.25) is 0 Å². The maximum atomic E-state index is 6.16. The van der Waals surface area contributed by atoms with Gasteiger partial charge in [0.25, 0.3) is 0 Å². The molecule has 0 radical (unpaired) electrons. The SMILES string of the molecule is C=C1OB(c2ccc3nc(-c4ccc(B5OC(C)(C)C(C)(C)O5)cc4)ccc3c2)OC1(C)C. The van der Waals surface area contributed by atoms with Gasteiger partial charge in [0.2, 0.25) is 0 Å². The molecule has 2 aliphatic rings. The van der Waals surface area contributed by atoms with Crippen molar-refractivity contribution in [3.8, 4) is 11.3 Å². The van der Waals surface area contributed by atoms with E-state index in [9.17, 15) is 0 Å². The smallest absolute Gasteiger partial charge is 0.534 e. The van der Waals surface area contributed by atoms with E-state index in [1.54, 1.807) is 0 Å². The topological polar surface area (TPSA) is 49.8 Å². The molecule has 7 heteroatoms. The molecule has 3 heterocycles. The fraction of sp³-hybridized carbons (Fsp3) is 0.346. The Morgan fingerprint density at radius 3 is 1.97 bits per heavy atom. The number of rotatable bonds is 3. The van der Waals surface area contributed by atoms with Gasteiger partial charge in [0.15, 0.2) is 0 Å². The minimum absolute atomic E-state index is 0.355. The van der Waals surface area contributed by atoms with E-state index in [0.29, 0.717) is 5.76 Å². The van der Waals surface area contributed by atoms with E-state index in [-0.39, 0.29) is 18.3 Å². The fourth-order valence-corrected chi connectivity index (χ4v) is 4.01. The van der Waals surface area contributed by atoms with Gasteiger partial charge in [0.1, 0.15) is 5.60 Å². The van der Waals surface area contributed by atoms with Gasteiger partial charge in [-0.2, -0.15) is 0 Å². The average Bonchev–Trinajstić information content (AvgIpc) is 3.16. The molecule has 2 aromatic carbocycles. The molecule has 2 fully saturated rings. The van der Waals surface area contributed by atoms with Gasteiger partial charge in [-0.1, -0.05) is 49.0 Å². The van der Waals surface area contributed by atoms with E-state index in [2.05, 4.69) is 70.7 Å². The quantitative estimate of drug-likeness (QED) is 0.570. The van der Waals surface area contributed by atoms with Crippen molar-refractivity contribution in [2.24, 2.45) is 0 Å². The molecule has 0 saturated carbocycles. The molecule has 5 nitrogen and oxygen atoms in total. The first-order valence-corrected chi connectivity index (χ1v) is 11.4. The maximum absolute atomic E-state index is 6.16. The molecule has 33 heavy (non-hydrogen) atoms. The van der Waals surface area contributed by atoms with Crippen molar-refractivity contribution in [2.45, 2.75) is 58.3 Å². The summed E-state index contributed by atoms with van der Waals surface area (Å²) in [5, 5.41) is 1.03. The van der Waals surface area contributed by atoms with Gasteiger partial charge in [-0.05, 0) is 70.0 Å². The van der Waals surface area contributed by atoms with Crippen LogP contribution in [0.3, 0.4) is 0 Å². The minimum Gasteiger partial charge on any atom is -0.534 e. The number of fused-ring (bicyclic) bond motifs is 1. The number of hydrogen-bond donors (Lipinski definition) is 0. The molecule has 0 N–H and O–H groups in total. The van der Waals surface area contributed by atoms with Gasteiger partial charge >= 0.3 is 14.2 Å². The molecule has 0 unspecified atom stereocenters. The maximum Gasteiger partial charge on any atom is 0.563 e. The number of aromatic nitrogens is 1. The highest BCUT2D eigenvalue weighted by atomic mass is 16.7. The van der Waals surface area contributed by atoms with E-state index >= 15 is 0 Å². The fourth-order valence-electron chi connectivity index (χ4n) is 4.01. The summed E-state index contributed by atoms with van der Waals surface area (Å²) in [6, 6.07) is 18.4. The van der Waals surface area contributed by atoms with Crippen LogP contribution in [-0.2, 0) is 18.6 Å². The van der Waals surface area contributed by atoms with Crippen LogP contribution in [-0.4, -0.2) is 36.0 Å². The average molecular weight is 441 g/mol. The minimum atomic E-state index is -0.492. The first-order chi connectivity index (χ1) is 15.5. The van der Waals surface area contributed by atoms with Crippen molar-refractivity contribution in [1.82, 2.24) is 4.98 Å². The second kappa shape index (κ2) is 7.45. The Hall–Kier alpha value is -2.60. The molecular formula is C26H29B2NO4. The van der Waals surface area contributed by atoms with Gasteiger partial charge in [-0.3, -0.25) is 0 Å². The van der Waals surface area contributed by atoms with Crippen molar-refractivity contribution in [3.05, 3.63) is 66.9 Å².